The van der Waals surface area contributed by atoms with Gasteiger partial charge < -0.3 is 10.1 Å². The van der Waals surface area contributed by atoms with Crippen molar-refractivity contribution < 1.29 is 27.1 Å². The predicted molar refractivity (Wildman–Crippen MR) is 109 cm³/mol. The Morgan fingerprint density at radius 1 is 0.867 bits per heavy atom. The highest BCUT2D eigenvalue weighted by Crippen LogP contribution is 2.21. The molecular weight excluding hydrogens is 411 g/mol. The van der Waals surface area contributed by atoms with E-state index >= 15 is 0 Å². The molecule has 0 radical (unpaired) electrons. The van der Waals surface area contributed by atoms with Crippen molar-refractivity contribution in [2.24, 2.45) is 0 Å². The van der Waals surface area contributed by atoms with Crippen molar-refractivity contribution in [2.45, 2.75) is 4.90 Å². The third-order valence-electron chi connectivity index (χ3n) is 3.91. The van der Waals surface area contributed by atoms with Crippen LogP contribution < -0.4 is 10.0 Å². The van der Waals surface area contributed by atoms with Crippen LogP contribution in [0.4, 0.5) is 15.8 Å². The molecule has 154 valence electrons. The van der Waals surface area contributed by atoms with Gasteiger partial charge in [-0.1, -0.05) is 30.3 Å². The monoisotopic (exact) mass is 428 g/mol. The summed E-state index contributed by atoms with van der Waals surface area (Å²) in [5.41, 5.74) is 0.442. The molecule has 0 bridgehead atoms. The molecule has 2 N–H and O–H groups in total. The minimum absolute atomic E-state index is 0.0321. The number of carbonyl (C=O) groups is 2. The highest BCUT2D eigenvalue weighted by molar-refractivity contribution is 7.92. The first-order valence-electron chi connectivity index (χ1n) is 8.74. The smallest absolute Gasteiger partial charge is 0.340 e. The van der Waals surface area contributed by atoms with Crippen LogP contribution in [0.5, 0.6) is 0 Å². The number of benzene rings is 3. The van der Waals surface area contributed by atoms with E-state index in [1.165, 1.54) is 24.3 Å². The molecule has 30 heavy (non-hydrogen) atoms. The second-order valence-corrected chi connectivity index (χ2v) is 7.78. The Morgan fingerprint density at radius 2 is 1.50 bits per heavy atom. The molecule has 0 fully saturated rings. The van der Waals surface area contributed by atoms with Crippen molar-refractivity contribution in [3.05, 3.63) is 90.2 Å². The quantitative estimate of drug-likeness (QED) is 0.562. The molecule has 9 heteroatoms. The van der Waals surface area contributed by atoms with Crippen LogP contribution in [0.15, 0.2) is 83.8 Å². The van der Waals surface area contributed by atoms with Crippen molar-refractivity contribution in [3.8, 4) is 0 Å². The van der Waals surface area contributed by atoms with Gasteiger partial charge in [-0.3, -0.25) is 9.52 Å². The second kappa shape index (κ2) is 9.19. The number of hydrogen-bond acceptors (Lipinski definition) is 5. The molecule has 0 aliphatic heterocycles. The number of amides is 1. The fraction of sp³-hybridized carbons (Fsp3) is 0.0476. The molecule has 3 aromatic carbocycles. The van der Waals surface area contributed by atoms with Crippen LogP contribution in [-0.2, 0) is 19.6 Å². The van der Waals surface area contributed by atoms with E-state index < -0.39 is 34.3 Å². The van der Waals surface area contributed by atoms with Gasteiger partial charge in [0.25, 0.3) is 15.9 Å². The predicted octanol–water partition coefficient (Wildman–Crippen LogP) is 3.42. The lowest BCUT2D eigenvalue weighted by Gasteiger charge is -2.12. The van der Waals surface area contributed by atoms with E-state index in [4.69, 9.17) is 4.74 Å². The molecule has 0 spiro atoms. The molecule has 0 saturated heterocycles. The van der Waals surface area contributed by atoms with E-state index in [2.05, 4.69) is 10.0 Å². The third-order valence-corrected chi connectivity index (χ3v) is 5.29. The fourth-order valence-electron chi connectivity index (χ4n) is 2.49. The zero-order valence-electron chi connectivity index (χ0n) is 15.5. The average molecular weight is 428 g/mol. The largest absolute Gasteiger partial charge is 0.452 e. The van der Waals surface area contributed by atoms with Crippen LogP contribution in [0.1, 0.15) is 10.4 Å². The maximum Gasteiger partial charge on any atom is 0.340 e. The number of carbonyl (C=O) groups excluding carboxylic acids is 2. The van der Waals surface area contributed by atoms with Crippen LogP contribution in [0.2, 0.25) is 0 Å². The molecule has 3 aromatic rings. The molecule has 0 saturated carbocycles. The Hall–Kier alpha value is -3.72. The van der Waals surface area contributed by atoms with Crippen LogP contribution in [0, 0.1) is 5.82 Å². The van der Waals surface area contributed by atoms with Crippen LogP contribution in [0.3, 0.4) is 0 Å². The number of hydrogen-bond donors (Lipinski definition) is 2. The number of esters is 1. The van der Waals surface area contributed by atoms with Gasteiger partial charge in [-0.05, 0) is 48.5 Å². The minimum Gasteiger partial charge on any atom is -0.452 e. The molecule has 0 unspecified atom stereocenters. The molecule has 0 aromatic heterocycles. The number of sulfonamides is 1. The lowest BCUT2D eigenvalue weighted by molar-refractivity contribution is -0.119. The van der Waals surface area contributed by atoms with Gasteiger partial charge in [0, 0.05) is 5.69 Å². The molecule has 3 rings (SSSR count). The van der Waals surface area contributed by atoms with Crippen molar-refractivity contribution in [1.82, 2.24) is 0 Å². The number of rotatable bonds is 7. The molecule has 7 nitrogen and oxygen atoms in total. The number of ether oxygens (including phenoxy) is 1. The summed E-state index contributed by atoms with van der Waals surface area (Å²) in [5, 5.41) is 2.57. The lowest BCUT2D eigenvalue weighted by atomic mass is 10.2. The van der Waals surface area contributed by atoms with Gasteiger partial charge in [0.2, 0.25) is 0 Å². The Morgan fingerprint density at radius 3 is 2.20 bits per heavy atom. The Bertz CT molecular complexity index is 1150. The van der Waals surface area contributed by atoms with E-state index in [0.29, 0.717) is 5.69 Å². The van der Waals surface area contributed by atoms with E-state index in [9.17, 15) is 22.4 Å². The summed E-state index contributed by atoms with van der Waals surface area (Å²) in [6, 6.07) is 18.7. The van der Waals surface area contributed by atoms with E-state index in [-0.39, 0.29) is 16.1 Å². The van der Waals surface area contributed by atoms with E-state index in [1.807, 2.05) is 0 Å². The summed E-state index contributed by atoms with van der Waals surface area (Å²) < 4.78 is 45.3. The maximum absolute atomic E-state index is 13.1. The van der Waals surface area contributed by atoms with Gasteiger partial charge in [-0.2, -0.15) is 0 Å². The standard InChI is InChI=1S/C21H17FN2O5S/c22-15-10-12-17(13-11-15)30(27,28)24-19-9-5-4-8-18(19)21(26)29-14-20(25)23-16-6-2-1-3-7-16/h1-13,24H,14H2,(H,23,25). The first kappa shape index (κ1) is 21.0. The second-order valence-electron chi connectivity index (χ2n) is 6.10. The number of halogens is 1. The highest BCUT2D eigenvalue weighted by atomic mass is 32.2. The van der Waals surface area contributed by atoms with Gasteiger partial charge in [-0.25, -0.2) is 17.6 Å². The Labute approximate surface area is 172 Å². The van der Waals surface area contributed by atoms with Crippen molar-refractivity contribution >= 4 is 33.3 Å². The summed E-state index contributed by atoms with van der Waals surface area (Å²) in [4.78, 5) is 24.2. The van der Waals surface area contributed by atoms with Gasteiger partial charge in [0.15, 0.2) is 6.61 Å². The molecular formula is C21H17FN2O5S. The Balaban J connectivity index is 1.69. The molecule has 1 amide bonds. The maximum atomic E-state index is 13.1. The fourth-order valence-corrected chi connectivity index (χ4v) is 3.57. The third kappa shape index (κ3) is 5.42. The molecule has 0 aliphatic rings. The van der Waals surface area contributed by atoms with Crippen molar-refractivity contribution in [3.63, 3.8) is 0 Å². The zero-order chi connectivity index (χ0) is 21.6. The van der Waals surface area contributed by atoms with Gasteiger partial charge in [0.1, 0.15) is 5.82 Å². The van der Waals surface area contributed by atoms with Crippen LogP contribution in [0.25, 0.3) is 0 Å². The molecule has 0 atom stereocenters. The zero-order valence-corrected chi connectivity index (χ0v) is 16.4. The minimum atomic E-state index is -4.06. The SMILES string of the molecule is O=C(COC(=O)c1ccccc1NS(=O)(=O)c1ccc(F)cc1)Nc1ccccc1. The van der Waals surface area contributed by atoms with Crippen LogP contribution >= 0.6 is 0 Å². The summed E-state index contributed by atoms with van der Waals surface area (Å²) >= 11 is 0. The normalized spacial score (nSPS) is 10.8. The number of para-hydroxylation sites is 2. The Kier molecular flexibility index (Phi) is 6.43. The summed E-state index contributed by atoms with van der Waals surface area (Å²) in [5.74, 6) is -2.00. The van der Waals surface area contributed by atoms with Gasteiger partial charge in [0.05, 0.1) is 16.1 Å². The molecule has 0 heterocycles. The van der Waals surface area contributed by atoms with E-state index in [1.54, 1.807) is 30.3 Å². The highest BCUT2D eigenvalue weighted by Gasteiger charge is 2.20. The first-order chi connectivity index (χ1) is 14.3. The average Bonchev–Trinajstić information content (AvgIpc) is 2.73. The number of nitrogens with one attached hydrogen (secondary N) is 2. The van der Waals surface area contributed by atoms with Gasteiger partial charge in [-0.15, -0.1) is 0 Å². The lowest BCUT2D eigenvalue weighted by Crippen LogP contribution is -2.22. The van der Waals surface area contributed by atoms with E-state index in [0.717, 1.165) is 24.3 Å². The van der Waals surface area contributed by atoms with Gasteiger partial charge >= 0.3 is 5.97 Å². The summed E-state index contributed by atoms with van der Waals surface area (Å²) in [6.45, 7) is -0.549. The first-order valence-corrected chi connectivity index (χ1v) is 10.2. The van der Waals surface area contributed by atoms with Crippen molar-refractivity contribution in [1.29, 1.82) is 0 Å². The molecule has 0 aliphatic carbocycles. The number of anilines is 2. The summed E-state index contributed by atoms with van der Waals surface area (Å²) in [6.07, 6.45) is 0. The van der Waals surface area contributed by atoms with Crippen LogP contribution in [-0.4, -0.2) is 26.9 Å². The topological polar surface area (TPSA) is 102 Å². The van der Waals surface area contributed by atoms with Crippen molar-refractivity contribution in [2.75, 3.05) is 16.6 Å². The summed E-state index contributed by atoms with van der Waals surface area (Å²) in [7, 11) is -4.06.